The minimum absolute atomic E-state index is 0.0401. The number of methoxy groups -OCH3 is 1. The molecule has 2 atom stereocenters. The van der Waals surface area contributed by atoms with E-state index in [1.807, 2.05) is 29.6 Å². The predicted molar refractivity (Wildman–Crippen MR) is 130 cm³/mol. The Bertz CT molecular complexity index is 1260. The van der Waals surface area contributed by atoms with Gasteiger partial charge in [0.2, 0.25) is 11.7 Å². The molecule has 2 aromatic heterocycles. The summed E-state index contributed by atoms with van der Waals surface area (Å²) >= 11 is 1.29. The maximum atomic E-state index is 12.7. The van der Waals surface area contributed by atoms with Crippen LogP contribution < -0.4 is 20.9 Å². The lowest BCUT2D eigenvalue weighted by Crippen LogP contribution is -2.35. The average Bonchev–Trinajstić information content (AvgIpc) is 3.49. The third-order valence-corrected chi connectivity index (χ3v) is 6.90. The van der Waals surface area contributed by atoms with Crippen molar-refractivity contribution >= 4 is 33.4 Å². The van der Waals surface area contributed by atoms with E-state index in [9.17, 15) is 14.4 Å². The lowest BCUT2D eigenvalue weighted by atomic mass is 10.1. The Hall–Kier alpha value is -3.28. The largest absolute Gasteiger partial charge is 0.497 e. The Labute approximate surface area is 205 Å². The van der Waals surface area contributed by atoms with Crippen LogP contribution in [0.25, 0.3) is 10.2 Å². The van der Waals surface area contributed by atoms with Crippen molar-refractivity contribution in [1.82, 2.24) is 20.6 Å². The summed E-state index contributed by atoms with van der Waals surface area (Å²) in [5.41, 5.74) is 1.21. The highest BCUT2D eigenvalue weighted by Gasteiger charge is 2.26. The first-order chi connectivity index (χ1) is 17.0. The third kappa shape index (κ3) is 6.24. The molecule has 0 saturated heterocycles. The number of carbonyl (C=O) groups excluding carboxylic acids is 2. The van der Waals surface area contributed by atoms with Gasteiger partial charge in [0, 0.05) is 24.8 Å². The summed E-state index contributed by atoms with van der Waals surface area (Å²) in [6.07, 6.45) is 2.58. The van der Waals surface area contributed by atoms with Gasteiger partial charge in [-0.3, -0.25) is 14.4 Å². The number of fused-ring (bicyclic) bond motifs is 1. The number of hydrogen-bond acceptors (Lipinski definition) is 8. The first-order valence-electron chi connectivity index (χ1n) is 11.4. The molecule has 1 fully saturated rings. The van der Waals surface area contributed by atoms with Crippen molar-refractivity contribution in [1.29, 1.82) is 0 Å². The summed E-state index contributed by atoms with van der Waals surface area (Å²) in [5, 5.41) is 16.7. The zero-order valence-electron chi connectivity index (χ0n) is 19.3. The highest BCUT2D eigenvalue weighted by Crippen LogP contribution is 2.27. The number of hydrogen-bond donors (Lipinski definition) is 4. The van der Waals surface area contributed by atoms with Crippen LogP contribution in [0.2, 0.25) is 0 Å². The number of aromatic amines is 1. The number of benzene rings is 1. The molecule has 2 amide bonds. The zero-order chi connectivity index (χ0) is 24.8. The van der Waals surface area contributed by atoms with Crippen molar-refractivity contribution in [2.75, 3.05) is 20.3 Å². The van der Waals surface area contributed by atoms with Gasteiger partial charge in [-0.2, -0.15) is 0 Å². The van der Waals surface area contributed by atoms with Crippen molar-refractivity contribution in [2.45, 2.75) is 38.5 Å². The standard InChI is InChI=1S/C24H28N4O6S/c1-33-18-4-2-3-14(8-18)9-25-23(32)21-27-22(31)20-16(13-35-24(20)28-21)12-34-11-15-5-6-17(7-15)26-19(30)10-29/h2-4,8,13,15,17,29H,5-7,9-12H2,1H3,(H,25,32)(H,26,30)(H,27,28,31). The molecule has 2 unspecified atom stereocenters. The van der Waals surface area contributed by atoms with Crippen LogP contribution >= 0.6 is 11.3 Å². The van der Waals surface area contributed by atoms with Gasteiger partial charge < -0.3 is 30.2 Å². The van der Waals surface area contributed by atoms with E-state index in [1.54, 1.807) is 7.11 Å². The highest BCUT2D eigenvalue weighted by molar-refractivity contribution is 7.16. The van der Waals surface area contributed by atoms with Crippen molar-refractivity contribution in [3.8, 4) is 5.75 Å². The van der Waals surface area contributed by atoms with E-state index in [0.717, 1.165) is 30.4 Å². The quantitative estimate of drug-likeness (QED) is 0.332. The normalized spacial score (nSPS) is 17.4. The van der Waals surface area contributed by atoms with E-state index in [1.165, 1.54) is 11.3 Å². The summed E-state index contributed by atoms with van der Waals surface area (Å²) in [6, 6.07) is 7.40. The fourth-order valence-corrected chi connectivity index (χ4v) is 5.16. The van der Waals surface area contributed by atoms with Crippen LogP contribution in [0.1, 0.15) is 41.0 Å². The number of nitrogens with one attached hydrogen (secondary N) is 3. The molecule has 0 spiro atoms. The SMILES string of the molecule is COc1cccc(CNC(=O)c2nc3scc(COCC4CCC(NC(=O)CO)C4)c3c(=O)[nH]2)c1. The van der Waals surface area contributed by atoms with E-state index in [2.05, 4.69) is 20.6 Å². The monoisotopic (exact) mass is 500 g/mol. The molecule has 186 valence electrons. The van der Waals surface area contributed by atoms with Crippen LogP contribution in [0.15, 0.2) is 34.4 Å². The molecule has 2 heterocycles. The second-order valence-electron chi connectivity index (χ2n) is 8.51. The second kappa shape index (κ2) is 11.4. The molecule has 0 bridgehead atoms. The van der Waals surface area contributed by atoms with Crippen LogP contribution in [-0.2, 0) is 22.7 Å². The molecule has 0 aliphatic heterocycles. The Morgan fingerprint density at radius 2 is 2.17 bits per heavy atom. The molecule has 11 heteroatoms. The molecular formula is C24H28N4O6S. The Balaban J connectivity index is 1.33. The fraction of sp³-hybridized carbons (Fsp3) is 0.417. The van der Waals surface area contributed by atoms with E-state index in [4.69, 9.17) is 14.6 Å². The molecule has 1 aliphatic carbocycles. The minimum Gasteiger partial charge on any atom is -0.497 e. The predicted octanol–water partition coefficient (Wildman–Crippen LogP) is 1.72. The number of nitrogens with zero attached hydrogens (tertiary/aromatic N) is 1. The Morgan fingerprint density at radius 1 is 1.31 bits per heavy atom. The molecule has 1 aromatic carbocycles. The number of rotatable bonds is 10. The fourth-order valence-electron chi connectivity index (χ4n) is 4.24. The van der Waals surface area contributed by atoms with E-state index < -0.39 is 12.5 Å². The van der Waals surface area contributed by atoms with Gasteiger partial charge in [0.1, 0.15) is 17.2 Å². The van der Waals surface area contributed by atoms with Crippen molar-refractivity contribution in [3.05, 3.63) is 57.0 Å². The van der Waals surface area contributed by atoms with Crippen LogP contribution in [0.5, 0.6) is 5.75 Å². The zero-order valence-corrected chi connectivity index (χ0v) is 20.2. The first kappa shape index (κ1) is 24.8. The van der Waals surface area contributed by atoms with Crippen LogP contribution in [-0.4, -0.2) is 53.3 Å². The summed E-state index contributed by atoms with van der Waals surface area (Å²) < 4.78 is 11.1. The summed E-state index contributed by atoms with van der Waals surface area (Å²) in [4.78, 5) is 44.0. The molecule has 3 aromatic rings. The number of H-pyrrole nitrogens is 1. The molecule has 35 heavy (non-hydrogen) atoms. The lowest BCUT2D eigenvalue weighted by Gasteiger charge is -2.13. The maximum Gasteiger partial charge on any atom is 0.287 e. The van der Waals surface area contributed by atoms with Crippen LogP contribution in [0.3, 0.4) is 0 Å². The number of thiophene rings is 1. The molecular weight excluding hydrogens is 472 g/mol. The van der Waals surface area contributed by atoms with E-state index in [0.29, 0.717) is 28.5 Å². The third-order valence-electron chi connectivity index (χ3n) is 5.98. The smallest absolute Gasteiger partial charge is 0.287 e. The number of aliphatic hydroxyl groups is 1. The molecule has 1 aliphatic rings. The van der Waals surface area contributed by atoms with Gasteiger partial charge in [-0.1, -0.05) is 12.1 Å². The topological polar surface area (TPSA) is 143 Å². The van der Waals surface area contributed by atoms with Gasteiger partial charge in [0.15, 0.2) is 0 Å². The van der Waals surface area contributed by atoms with Gasteiger partial charge in [-0.15, -0.1) is 11.3 Å². The Kier molecular flexibility index (Phi) is 8.11. The van der Waals surface area contributed by atoms with Gasteiger partial charge in [0.25, 0.3) is 11.5 Å². The van der Waals surface area contributed by atoms with Crippen molar-refractivity contribution in [3.63, 3.8) is 0 Å². The summed E-state index contributed by atoms with van der Waals surface area (Å²) in [7, 11) is 1.58. The maximum absolute atomic E-state index is 12.7. The molecule has 0 radical (unpaired) electrons. The number of aromatic nitrogens is 2. The number of aliphatic hydroxyl groups excluding tert-OH is 1. The average molecular weight is 501 g/mol. The minimum atomic E-state index is -0.503. The number of carbonyl (C=O) groups is 2. The van der Waals surface area contributed by atoms with Crippen LogP contribution in [0.4, 0.5) is 0 Å². The highest BCUT2D eigenvalue weighted by atomic mass is 32.1. The number of amides is 2. The van der Waals surface area contributed by atoms with Gasteiger partial charge >= 0.3 is 0 Å². The van der Waals surface area contributed by atoms with E-state index in [-0.39, 0.29) is 36.5 Å². The van der Waals surface area contributed by atoms with Gasteiger partial charge in [-0.05, 0) is 48.3 Å². The molecule has 1 saturated carbocycles. The lowest BCUT2D eigenvalue weighted by molar-refractivity contribution is -0.124. The molecule has 4 rings (SSSR count). The summed E-state index contributed by atoms with van der Waals surface area (Å²) in [5.74, 6) is 0.129. The summed E-state index contributed by atoms with van der Waals surface area (Å²) in [6.45, 7) is 0.541. The second-order valence-corrected chi connectivity index (χ2v) is 9.36. The van der Waals surface area contributed by atoms with E-state index >= 15 is 0 Å². The number of ether oxygens (including phenoxy) is 2. The first-order valence-corrected chi connectivity index (χ1v) is 12.2. The molecule has 4 N–H and O–H groups in total. The van der Waals surface area contributed by atoms with Gasteiger partial charge in [-0.25, -0.2) is 4.98 Å². The van der Waals surface area contributed by atoms with Crippen molar-refractivity contribution < 1.29 is 24.2 Å². The van der Waals surface area contributed by atoms with Crippen molar-refractivity contribution in [2.24, 2.45) is 5.92 Å². The van der Waals surface area contributed by atoms with Crippen LogP contribution in [0, 0.1) is 5.92 Å². The molecule has 10 nitrogen and oxygen atoms in total. The van der Waals surface area contributed by atoms with Gasteiger partial charge in [0.05, 0.1) is 19.1 Å². The Morgan fingerprint density at radius 3 is 2.97 bits per heavy atom.